The second kappa shape index (κ2) is 7.99. The highest BCUT2D eigenvalue weighted by atomic mass is 16.4. The first-order valence-electron chi connectivity index (χ1n) is 8.49. The summed E-state index contributed by atoms with van der Waals surface area (Å²) in [7, 11) is 0. The van der Waals surface area contributed by atoms with Crippen LogP contribution in [0.1, 0.15) is 38.3 Å². The van der Waals surface area contributed by atoms with Crippen molar-refractivity contribution in [2.75, 3.05) is 6.54 Å². The van der Waals surface area contributed by atoms with Crippen LogP contribution in [0.3, 0.4) is 0 Å². The van der Waals surface area contributed by atoms with Gasteiger partial charge in [0.2, 0.25) is 5.91 Å². The second-order valence-electron chi connectivity index (χ2n) is 6.65. The average molecular weight is 330 g/mol. The number of hydrogen-bond donors (Lipinski definition) is 3. The summed E-state index contributed by atoms with van der Waals surface area (Å²) in [4.78, 5) is 26.7. The number of nitrogens with one attached hydrogen (secondary N) is 2. The number of fused-ring (bicyclic) bond motifs is 1. The summed E-state index contributed by atoms with van der Waals surface area (Å²) in [5.41, 5.74) is 3.24. The predicted molar refractivity (Wildman–Crippen MR) is 95.0 cm³/mol. The summed E-state index contributed by atoms with van der Waals surface area (Å²) < 4.78 is 0. The number of aliphatic carboxylic acids is 1. The molecule has 1 atom stereocenters. The molecule has 0 aliphatic heterocycles. The number of carboxylic acids is 1. The van der Waals surface area contributed by atoms with Crippen molar-refractivity contribution in [2.45, 2.75) is 40.0 Å². The molecule has 5 nitrogen and oxygen atoms in total. The Labute approximate surface area is 142 Å². The smallest absolute Gasteiger partial charge is 0.308 e. The second-order valence-corrected chi connectivity index (χ2v) is 6.65. The van der Waals surface area contributed by atoms with Crippen LogP contribution >= 0.6 is 0 Å². The van der Waals surface area contributed by atoms with Crippen molar-refractivity contribution in [1.29, 1.82) is 0 Å². The van der Waals surface area contributed by atoms with E-state index < -0.39 is 11.9 Å². The molecule has 0 saturated carbocycles. The van der Waals surface area contributed by atoms with E-state index in [9.17, 15) is 14.7 Å². The maximum absolute atomic E-state index is 12.2. The van der Waals surface area contributed by atoms with Crippen LogP contribution < -0.4 is 5.32 Å². The van der Waals surface area contributed by atoms with Gasteiger partial charge in [0.25, 0.3) is 0 Å². The molecule has 0 radical (unpaired) electrons. The van der Waals surface area contributed by atoms with Crippen LogP contribution in [0.15, 0.2) is 24.4 Å². The topological polar surface area (TPSA) is 82.2 Å². The summed E-state index contributed by atoms with van der Waals surface area (Å²) in [5.74, 6) is -1.26. The summed E-state index contributed by atoms with van der Waals surface area (Å²) >= 11 is 0. The third-order valence-corrected chi connectivity index (χ3v) is 4.27. The highest BCUT2D eigenvalue weighted by Crippen LogP contribution is 2.22. The fourth-order valence-electron chi connectivity index (χ4n) is 3.03. The van der Waals surface area contributed by atoms with Crippen molar-refractivity contribution in [2.24, 2.45) is 11.8 Å². The molecule has 1 heterocycles. The van der Waals surface area contributed by atoms with Crippen molar-refractivity contribution in [3.63, 3.8) is 0 Å². The molecular weight excluding hydrogens is 304 g/mol. The fraction of sp³-hybridized carbons (Fsp3) is 0.474. The third kappa shape index (κ3) is 4.37. The molecule has 1 unspecified atom stereocenters. The number of para-hydroxylation sites is 1. The van der Waals surface area contributed by atoms with Crippen LogP contribution in [0, 0.1) is 11.8 Å². The van der Waals surface area contributed by atoms with Crippen molar-refractivity contribution >= 4 is 22.8 Å². The van der Waals surface area contributed by atoms with E-state index in [1.165, 1.54) is 5.56 Å². The van der Waals surface area contributed by atoms with Crippen molar-refractivity contribution in [3.8, 4) is 0 Å². The summed E-state index contributed by atoms with van der Waals surface area (Å²) in [6, 6.07) is 6.08. The molecule has 2 aromatic rings. The van der Waals surface area contributed by atoms with Gasteiger partial charge in [-0.05, 0) is 29.9 Å². The fourth-order valence-corrected chi connectivity index (χ4v) is 3.03. The lowest BCUT2D eigenvalue weighted by Crippen LogP contribution is -2.34. The minimum Gasteiger partial charge on any atom is -0.481 e. The normalized spacial score (nSPS) is 12.5. The van der Waals surface area contributed by atoms with Gasteiger partial charge in [-0.3, -0.25) is 9.59 Å². The largest absolute Gasteiger partial charge is 0.481 e. The van der Waals surface area contributed by atoms with Crippen molar-refractivity contribution in [1.82, 2.24) is 10.3 Å². The van der Waals surface area contributed by atoms with Gasteiger partial charge in [-0.1, -0.05) is 39.0 Å². The van der Waals surface area contributed by atoms with Crippen LogP contribution in [-0.2, 0) is 22.4 Å². The molecule has 5 heteroatoms. The first-order valence-corrected chi connectivity index (χ1v) is 8.49. The Hall–Kier alpha value is -2.30. The Morgan fingerprint density at radius 3 is 2.62 bits per heavy atom. The molecule has 0 aliphatic carbocycles. The Morgan fingerprint density at radius 1 is 1.25 bits per heavy atom. The quantitative estimate of drug-likeness (QED) is 0.695. The Balaban J connectivity index is 2.01. The SMILES string of the molecule is CCc1cccc2c(CC(=O)NCC(CC(C)C)C(=O)O)c[nH]c12. The van der Waals surface area contributed by atoms with Crippen LogP contribution in [-0.4, -0.2) is 28.5 Å². The lowest BCUT2D eigenvalue weighted by Gasteiger charge is -2.15. The van der Waals surface area contributed by atoms with Crippen LogP contribution in [0.2, 0.25) is 0 Å². The van der Waals surface area contributed by atoms with E-state index in [2.05, 4.69) is 23.3 Å². The number of aromatic nitrogens is 1. The zero-order valence-electron chi connectivity index (χ0n) is 14.6. The van der Waals surface area contributed by atoms with E-state index in [0.717, 1.165) is 22.9 Å². The standard InChI is InChI=1S/C19H26N2O3/c1-4-13-6-5-7-16-14(10-21-18(13)16)9-17(22)20-11-15(19(23)24)8-12(2)3/h5-7,10,12,15,21H,4,8-9,11H2,1-3H3,(H,20,22)(H,23,24). The van der Waals surface area contributed by atoms with Crippen molar-refractivity contribution in [3.05, 3.63) is 35.5 Å². The highest BCUT2D eigenvalue weighted by molar-refractivity contribution is 5.90. The zero-order chi connectivity index (χ0) is 17.7. The van der Waals surface area contributed by atoms with Gasteiger partial charge < -0.3 is 15.4 Å². The molecule has 0 spiro atoms. The van der Waals surface area contributed by atoms with Gasteiger partial charge in [0.05, 0.1) is 12.3 Å². The molecular formula is C19H26N2O3. The van der Waals surface area contributed by atoms with E-state index in [-0.39, 0.29) is 24.8 Å². The van der Waals surface area contributed by atoms with Gasteiger partial charge >= 0.3 is 5.97 Å². The predicted octanol–water partition coefficient (Wildman–Crippen LogP) is 3.14. The maximum atomic E-state index is 12.2. The van der Waals surface area contributed by atoms with Crippen LogP contribution in [0.5, 0.6) is 0 Å². The zero-order valence-corrected chi connectivity index (χ0v) is 14.6. The van der Waals surface area contributed by atoms with E-state index >= 15 is 0 Å². The van der Waals surface area contributed by atoms with Gasteiger partial charge in [-0.15, -0.1) is 0 Å². The number of carboxylic acid groups (broad SMARTS) is 1. The minimum atomic E-state index is -0.858. The van der Waals surface area contributed by atoms with Crippen molar-refractivity contribution < 1.29 is 14.7 Å². The number of benzene rings is 1. The van der Waals surface area contributed by atoms with Gasteiger partial charge in [-0.2, -0.15) is 0 Å². The molecule has 130 valence electrons. The number of H-pyrrole nitrogens is 1. The molecule has 3 N–H and O–H groups in total. The number of rotatable bonds is 8. The lowest BCUT2D eigenvalue weighted by molar-refractivity contribution is -0.142. The van der Waals surface area contributed by atoms with Gasteiger partial charge in [-0.25, -0.2) is 0 Å². The number of aromatic amines is 1. The summed E-state index contributed by atoms with van der Waals surface area (Å²) in [6.07, 6.45) is 3.61. The van der Waals surface area contributed by atoms with E-state index in [4.69, 9.17) is 0 Å². The number of carbonyl (C=O) groups is 2. The Bertz CT molecular complexity index is 718. The third-order valence-electron chi connectivity index (χ3n) is 4.27. The molecule has 24 heavy (non-hydrogen) atoms. The van der Waals surface area contributed by atoms with E-state index in [1.807, 2.05) is 32.2 Å². The molecule has 1 aromatic carbocycles. The average Bonchev–Trinajstić information content (AvgIpc) is 2.94. The van der Waals surface area contributed by atoms with Gasteiger partial charge in [0, 0.05) is 23.6 Å². The Kier molecular flexibility index (Phi) is 6.01. The molecule has 1 amide bonds. The molecule has 0 bridgehead atoms. The Morgan fingerprint density at radius 2 is 2.00 bits per heavy atom. The molecule has 1 aromatic heterocycles. The first-order chi connectivity index (χ1) is 11.4. The van der Waals surface area contributed by atoms with E-state index in [1.54, 1.807) is 0 Å². The van der Waals surface area contributed by atoms with Gasteiger partial charge in [0.15, 0.2) is 0 Å². The van der Waals surface area contributed by atoms with Crippen LogP contribution in [0.25, 0.3) is 10.9 Å². The number of amides is 1. The summed E-state index contributed by atoms with van der Waals surface area (Å²) in [6.45, 7) is 6.24. The molecule has 0 saturated heterocycles. The maximum Gasteiger partial charge on any atom is 0.308 e. The van der Waals surface area contributed by atoms with Gasteiger partial charge in [0.1, 0.15) is 0 Å². The lowest BCUT2D eigenvalue weighted by atomic mass is 9.97. The molecule has 0 fully saturated rings. The first kappa shape index (κ1) is 18.0. The van der Waals surface area contributed by atoms with E-state index in [0.29, 0.717) is 6.42 Å². The molecule has 0 aliphatic rings. The summed E-state index contributed by atoms with van der Waals surface area (Å²) in [5, 5.41) is 13.1. The number of carbonyl (C=O) groups excluding carboxylic acids is 1. The number of hydrogen-bond acceptors (Lipinski definition) is 2. The number of aryl methyl sites for hydroxylation is 1. The van der Waals surface area contributed by atoms with Crippen LogP contribution in [0.4, 0.5) is 0 Å². The highest BCUT2D eigenvalue weighted by Gasteiger charge is 2.20. The molecule has 2 rings (SSSR count). The minimum absolute atomic E-state index is 0.146. The monoisotopic (exact) mass is 330 g/mol.